The first kappa shape index (κ1) is 19.5. The van der Waals surface area contributed by atoms with Crippen LogP contribution in [-0.4, -0.2) is 43.6 Å². The third kappa shape index (κ3) is 5.13. The maximum absolute atomic E-state index is 12.4. The van der Waals surface area contributed by atoms with Crippen molar-refractivity contribution in [2.24, 2.45) is 5.92 Å². The van der Waals surface area contributed by atoms with Crippen LogP contribution in [0, 0.1) is 5.92 Å². The van der Waals surface area contributed by atoms with Gasteiger partial charge in [0.15, 0.2) is 0 Å². The van der Waals surface area contributed by atoms with E-state index in [2.05, 4.69) is 35.6 Å². The smallest absolute Gasteiger partial charge is 0.269 e. The third-order valence-electron chi connectivity index (χ3n) is 5.27. The Labute approximate surface area is 159 Å². The minimum absolute atomic E-state index is 0.0365. The molecule has 0 spiro atoms. The van der Waals surface area contributed by atoms with Crippen LogP contribution in [0.15, 0.2) is 40.6 Å². The van der Waals surface area contributed by atoms with Crippen LogP contribution in [0.3, 0.4) is 0 Å². The molecule has 0 aromatic carbocycles. The van der Waals surface area contributed by atoms with Gasteiger partial charge in [-0.05, 0) is 31.8 Å². The highest BCUT2D eigenvalue weighted by Gasteiger charge is 2.21. The summed E-state index contributed by atoms with van der Waals surface area (Å²) in [4.78, 5) is 34.8. The molecular weight excluding hydrogens is 342 g/mol. The normalized spacial score (nSPS) is 16.6. The van der Waals surface area contributed by atoms with Gasteiger partial charge in [0.05, 0.1) is 18.2 Å². The first-order valence-corrected chi connectivity index (χ1v) is 9.63. The molecule has 7 nitrogen and oxygen atoms in total. The molecule has 3 heterocycles. The zero-order chi connectivity index (χ0) is 19.4. The Bertz CT molecular complexity index is 873. The number of hydrogen-bond donors (Lipinski definition) is 0. The van der Waals surface area contributed by atoms with Crippen molar-refractivity contribution in [1.82, 2.24) is 24.0 Å². The fourth-order valence-electron chi connectivity index (χ4n) is 3.45. The van der Waals surface area contributed by atoms with Crippen molar-refractivity contribution in [3.63, 3.8) is 0 Å². The lowest BCUT2D eigenvalue weighted by Crippen LogP contribution is -2.39. The SMILES string of the molecule is CC(C)(C)c1cc(=O)n(CC2CCN(CCn3ccncc3=O)CC2)cn1. The standard InChI is InChI=1S/C20H29N5O2/c1-20(2,3)17-12-18(26)25(15-22-17)14-16-4-7-23(8-5-16)10-11-24-9-6-21-13-19(24)27/h6,9,12-13,15-16H,4-5,7-8,10-11,14H2,1-3H3. The van der Waals surface area contributed by atoms with Crippen LogP contribution in [0.5, 0.6) is 0 Å². The van der Waals surface area contributed by atoms with Crippen LogP contribution in [0.25, 0.3) is 0 Å². The van der Waals surface area contributed by atoms with Crippen LogP contribution in [0.2, 0.25) is 0 Å². The van der Waals surface area contributed by atoms with E-state index in [1.807, 2.05) is 0 Å². The molecule has 3 rings (SSSR count). The summed E-state index contributed by atoms with van der Waals surface area (Å²) in [6, 6.07) is 1.67. The summed E-state index contributed by atoms with van der Waals surface area (Å²) in [5.41, 5.74) is 0.706. The van der Waals surface area contributed by atoms with E-state index >= 15 is 0 Å². The molecule has 27 heavy (non-hydrogen) atoms. The molecule has 0 bridgehead atoms. The summed E-state index contributed by atoms with van der Waals surface area (Å²) in [5, 5.41) is 0. The molecule has 0 atom stereocenters. The summed E-state index contributed by atoms with van der Waals surface area (Å²) in [5.74, 6) is 0.491. The van der Waals surface area contributed by atoms with Crippen LogP contribution in [0.4, 0.5) is 0 Å². The summed E-state index contributed by atoms with van der Waals surface area (Å²) in [6.07, 6.45) is 8.53. The minimum Gasteiger partial charge on any atom is -0.311 e. The molecule has 0 amide bonds. The third-order valence-corrected chi connectivity index (χ3v) is 5.27. The lowest BCUT2D eigenvalue weighted by atomic mass is 9.92. The van der Waals surface area contributed by atoms with Gasteiger partial charge in [0.1, 0.15) is 0 Å². The number of aromatic nitrogens is 4. The van der Waals surface area contributed by atoms with E-state index in [4.69, 9.17) is 0 Å². The molecule has 1 saturated heterocycles. The van der Waals surface area contributed by atoms with Gasteiger partial charge in [-0.25, -0.2) is 4.98 Å². The van der Waals surface area contributed by atoms with Gasteiger partial charge >= 0.3 is 0 Å². The van der Waals surface area contributed by atoms with E-state index < -0.39 is 0 Å². The van der Waals surface area contributed by atoms with Crippen molar-refractivity contribution in [2.75, 3.05) is 19.6 Å². The molecule has 0 unspecified atom stereocenters. The van der Waals surface area contributed by atoms with Gasteiger partial charge < -0.3 is 9.47 Å². The average molecular weight is 371 g/mol. The Kier molecular flexibility index (Phi) is 5.89. The predicted molar refractivity (Wildman–Crippen MR) is 105 cm³/mol. The lowest BCUT2D eigenvalue weighted by molar-refractivity contribution is 0.167. The topological polar surface area (TPSA) is 73.0 Å². The van der Waals surface area contributed by atoms with Crippen molar-refractivity contribution in [1.29, 1.82) is 0 Å². The molecular formula is C20H29N5O2. The average Bonchev–Trinajstić information content (AvgIpc) is 2.63. The number of piperidine rings is 1. The summed E-state index contributed by atoms with van der Waals surface area (Å²) < 4.78 is 3.44. The molecule has 1 aliphatic rings. The van der Waals surface area contributed by atoms with E-state index in [-0.39, 0.29) is 16.5 Å². The Hall–Kier alpha value is -2.28. The first-order valence-electron chi connectivity index (χ1n) is 9.63. The molecule has 0 saturated carbocycles. The van der Waals surface area contributed by atoms with Gasteiger partial charge in [-0.15, -0.1) is 0 Å². The fraction of sp³-hybridized carbons (Fsp3) is 0.600. The van der Waals surface area contributed by atoms with Gasteiger partial charge in [-0.1, -0.05) is 20.8 Å². The summed E-state index contributed by atoms with van der Waals surface area (Å²) in [6.45, 7) is 10.5. The van der Waals surface area contributed by atoms with Gasteiger partial charge in [-0.2, -0.15) is 0 Å². The van der Waals surface area contributed by atoms with Crippen LogP contribution >= 0.6 is 0 Å². The van der Waals surface area contributed by atoms with Crippen molar-refractivity contribution < 1.29 is 0 Å². The van der Waals surface area contributed by atoms with E-state index in [0.29, 0.717) is 12.5 Å². The highest BCUT2D eigenvalue weighted by Crippen LogP contribution is 2.20. The van der Waals surface area contributed by atoms with Gasteiger partial charge in [-0.3, -0.25) is 19.1 Å². The molecule has 0 radical (unpaired) electrons. The Balaban J connectivity index is 1.50. The lowest BCUT2D eigenvalue weighted by Gasteiger charge is -2.32. The highest BCUT2D eigenvalue weighted by molar-refractivity contribution is 5.10. The van der Waals surface area contributed by atoms with E-state index in [1.165, 1.54) is 6.20 Å². The molecule has 0 N–H and O–H groups in total. The second kappa shape index (κ2) is 8.17. The summed E-state index contributed by atoms with van der Waals surface area (Å²) in [7, 11) is 0. The monoisotopic (exact) mass is 371 g/mol. The minimum atomic E-state index is -0.111. The molecule has 2 aromatic rings. The molecule has 7 heteroatoms. The highest BCUT2D eigenvalue weighted by atomic mass is 16.1. The van der Waals surface area contributed by atoms with Crippen LogP contribution in [-0.2, 0) is 18.5 Å². The van der Waals surface area contributed by atoms with E-state index in [9.17, 15) is 9.59 Å². The number of rotatable bonds is 5. The van der Waals surface area contributed by atoms with E-state index in [1.54, 1.807) is 33.9 Å². The van der Waals surface area contributed by atoms with Crippen LogP contribution < -0.4 is 11.1 Å². The fourth-order valence-corrected chi connectivity index (χ4v) is 3.45. The zero-order valence-electron chi connectivity index (χ0n) is 16.5. The predicted octanol–water partition coefficient (Wildman–Crippen LogP) is 1.51. The molecule has 0 aliphatic carbocycles. The Morgan fingerprint density at radius 3 is 2.44 bits per heavy atom. The number of likely N-dealkylation sites (tertiary alicyclic amines) is 1. The molecule has 2 aromatic heterocycles. The number of nitrogens with zero attached hydrogens (tertiary/aromatic N) is 5. The Morgan fingerprint density at radius 1 is 1.07 bits per heavy atom. The van der Waals surface area contributed by atoms with Crippen molar-refractivity contribution in [2.45, 2.75) is 52.1 Å². The quantitative estimate of drug-likeness (QED) is 0.797. The maximum atomic E-state index is 12.4. The second-order valence-electron chi connectivity index (χ2n) is 8.41. The summed E-state index contributed by atoms with van der Waals surface area (Å²) >= 11 is 0. The zero-order valence-corrected chi connectivity index (χ0v) is 16.5. The van der Waals surface area contributed by atoms with E-state index in [0.717, 1.165) is 44.7 Å². The molecule has 1 fully saturated rings. The van der Waals surface area contributed by atoms with Gasteiger partial charge in [0, 0.05) is 43.5 Å². The molecule has 1 aliphatic heterocycles. The van der Waals surface area contributed by atoms with Gasteiger partial charge in [0.2, 0.25) is 0 Å². The Morgan fingerprint density at radius 2 is 1.81 bits per heavy atom. The van der Waals surface area contributed by atoms with Crippen molar-refractivity contribution >= 4 is 0 Å². The number of hydrogen-bond acceptors (Lipinski definition) is 5. The van der Waals surface area contributed by atoms with Crippen molar-refractivity contribution in [3.8, 4) is 0 Å². The van der Waals surface area contributed by atoms with Crippen LogP contribution in [0.1, 0.15) is 39.3 Å². The van der Waals surface area contributed by atoms with Crippen molar-refractivity contribution in [3.05, 3.63) is 57.4 Å². The molecule has 146 valence electrons. The largest absolute Gasteiger partial charge is 0.311 e. The maximum Gasteiger partial charge on any atom is 0.269 e. The van der Waals surface area contributed by atoms with Gasteiger partial charge in [0.25, 0.3) is 11.1 Å². The second-order valence-corrected chi connectivity index (χ2v) is 8.41. The first-order chi connectivity index (χ1) is 12.8.